The summed E-state index contributed by atoms with van der Waals surface area (Å²) in [5, 5.41) is 18.2. The average Bonchev–Trinajstić information content (AvgIpc) is 1.67. The van der Waals surface area contributed by atoms with Gasteiger partial charge in [-0.1, -0.05) is 35.7 Å². The smallest absolute Gasteiger partial charge is 0.317 e. The molecule has 0 saturated carbocycles. The third-order valence-corrected chi connectivity index (χ3v) is 18.9. The van der Waals surface area contributed by atoms with Crippen LogP contribution in [-0.4, -0.2) is 258 Å². The Morgan fingerprint density at radius 2 is 1.47 bits per heavy atom. The van der Waals surface area contributed by atoms with Crippen LogP contribution in [0.3, 0.4) is 0 Å². The second kappa shape index (κ2) is 38.6. The standard InChI is InChI=1S/C67H91F2N11O14S/c1-3-53-39-67(68,69)44-80(53)63(87)40-72-65(90)55-20-24-70-57-19-18-54(37-56(55)57)94-36-8-10-51-21-26-78(27-22-51)61(85)13-7-25-79-62(86)38-58(66(79)91)95-43-52(11-4-5-23-71-59(83)12-6-9-50-16-14-49(2)15-17-50)73-60(84)41-74-28-29-75(42-64(88)89)31-33-77(46-93-48-82)35-34-76(32-30-74)45-92-47-81/h1,14-20,24,37,47-48,51-53,58H,4-13,21-23,25-36,38-46H2,2H3,(H,71,83)(H,72,90)(H,73,84)(H,88,89)/t52?,53-,58?/m0/s1. The fourth-order valence-electron chi connectivity index (χ4n) is 12.2. The van der Waals surface area contributed by atoms with Crippen LogP contribution in [0.4, 0.5) is 8.78 Å². The van der Waals surface area contributed by atoms with Gasteiger partial charge in [0.1, 0.15) is 19.2 Å². The molecule has 25 nitrogen and oxygen atoms in total. The number of thioether (sulfide) groups is 1. The van der Waals surface area contributed by atoms with Gasteiger partial charge in [-0.05, 0) is 107 Å². The number of imide groups is 1. The molecule has 2 unspecified atom stereocenters. The first-order valence-corrected chi connectivity index (χ1v) is 33.8. The van der Waals surface area contributed by atoms with Gasteiger partial charge >= 0.3 is 5.97 Å². The molecule has 1 aromatic heterocycles. The number of alkyl halides is 2. The number of nitrogens with zero attached hydrogens (tertiary/aromatic N) is 8. The maximum atomic E-state index is 14.1. The van der Waals surface area contributed by atoms with Crippen molar-refractivity contribution in [3.05, 3.63) is 71.4 Å². The molecule has 95 heavy (non-hydrogen) atoms. The number of carbonyl (C=O) groups is 10. The van der Waals surface area contributed by atoms with Gasteiger partial charge in [0.25, 0.3) is 24.8 Å². The van der Waals surface area contributed by atoms with E-state index in [-0.39, 0.29) is 81.0 Å². The minimum atomic E-state index is -3.10. The molecule has 7 rings (SSSR count). The zero-order chi connectivity index (χ0) is 68.1. The molecule has 4 aliphatic heterocycles. The second-order valence-electron chi connectivity index (χ2n) is 24.7. The average molecular weight is 1340 g/mol. The van der Waals surface area contributed by atoms with Crippen LogP contribution in [0.5, 0.6) is 5.75 Å². The number of carbonyl (C=O) groups excluding carboxylic acids is 9. The van der Waals surface area contributed by atoms with Gasteiger partial charge in [-0.25, -0.2) is 8.78 Å². The quantitative estimate of drug-likeness (QED) is 0.0283. The third kappa shape index (κ3) is 25.0. The van der Waals surface area contributed by atoms with Crippen LogP contribution in [0.15, 0.2) is 54.7 Å². The Morgan fingerprint density at radius 3 is 2.14 bits per heavy atom. The molecular weight excluding hydrogens is 1250 g/mol. The molecule has 0 aliphatic carbocycles. The number of aromatic nitrogens is 1. The number of aliphatic carboxylic acids is 1. The van der Waals surface area contributed by atoms with Gasteiger partial charge in [0.05, 0.1) is 55.2 Å². The number of carboxylic acids is 1. The second-order valence-corrected chi connectivity index (χ2v) is 26.0. The molecule has 4 N–H and O–H groups in total. The number of nitrogens with one attached hydrogen (secondary N) is 3. The SMILES string of the molecule is C#C[C@H]1CC(F)(F)CN1C(=O)CNC(=O)c1ccnc2ccc(OCCCC3CCN(C(=O)CCCN4C(=O)CC(SCC(CCCCNC(=O)CCCc5ccc(C)cc5)NC(=O)CN5CCN(COC=O)CCN(COC=O)CCN(CC(=O)O)CC5)C4=O)CC3)cc12. The Hall–Kier alpha value is -7.84. The number of halogens is 2. The number of unbranched alkanes of at least 4 members (excludes halogenated alkanes) is 1. The molecule has 28 heteroatoms. The Bertz CT molecular complexity index is 3120. The molecule has 5 heterocycles. The number of piperidine rings is 1. The first-order chi connectivity index (χ1) is 45.8. The summed E-state index contributed by atoms with van der Waals surface area (Å²) in [5.41, 5.74) is 3.10. The number of terminal acetylenes is 1. The fraction of sp³-hybridized carbons (Fsp3) is 0.597. The number of carboxylic acid groups (broad SMARTS) is 1. The lowest BCUT2D eigenvalue weighted by atomic mass is 9.92. The highest BCUT2D eigenvalue weighted by atomic mass is 32.2. The maximum absolute atomic E-state index is 14.1. The largest absolute Gasteiger partial charge is 0.494 e. The van der Waals surface area contributed by atoms with Crippen LogP contribution in [0.1, 0.15) is 105 Å². The van der Waals surface area contributed by atoms with Gasteiger partial charge in [0.2, 0.25) is 35.4 Å². The molecule has 7 amide bonds. The van der Waals surface area contributed by atoms with Crippen molar-refractivity contribution in [1.29, 1.82) is 0 Å². The predicted molar refractivity (Wildman–Crippen MR) is 349 cm³/mol. The normalized spacial score (nSPS) is 19.1. The molecule has 3 aromatic rings. The first-order valence-electron chi connectivity index (χ1n) is 32.8. The van der Waals surface area contributed by atoms with Gasteiger partial charge in [-0.15, -0.1) is 18.2 Å². The highest BCUT2D eigenvalue weighted by molar-refractivity contribution is 8.00. The van der Waals surface area contributed by atoms with E-state index in [0.717, 1.165) is 37.0 Å². The predicted octanol–water partition coefficient (Wildman–Crippen LogP) is 3.54. The zero-order valence-electron chi connectivity index (χ0n) is 54.3. The van der Waals surface area contributed by atoms with E-state index < -0.39 is 60.6 Å². The Balaban J connectivity index is 0.849. The first kappa shape index (κ1) is 74.6. The molecule has 4 aliphatic rings. The van der Waals surface area contributed by atoms with Crippen molar-refractivity contribution in [2.75, 3.05) is 131 Å². The number of likely N-dealkylation sites (tertiary alicyclic amines) is 3. The molecule has 3 atom stereocenters. The van der Waals surface area contributed by atoms with Crippen LogP contribution in [0, 0.1) is 25.2 Å². The maximum Gasteiger partial charge on any atom is 0.317 e. The van der Waals surface area contributed by atoms with Gasteiger partial charge in [0, 0.05) is 128 Å². The molecule has 4 fully saturated rings. The number of ether oxygens (including phenoxy) is 3. The number of hydrogen-bond donors (Lipinski definition) is 4. The minimum absolute atomic E-state index is 0.00515. The Labute approximate surface area is 558 Å². The molecular formula is C67H91F2N11O14S. The summed E-state index contributed by atoms with van der Waals surface area (Å²) >= 11 is 1.30. The number of amides is 7. The lowest BCUT2D eigenvalue weighted by Crippen LogP contribution is -2.50. The molecule has 4 saturated heterocycles. The van der Waals surface area contributed by atoms with Gasteiger partial charge in [-0.3, -0.25) is 77.4 Å². The number of pyridine rings is 1. The van der Waals surface area contributed by atoms with Gasteiger partial charge in [0.15, 0.2) is 0 Å². The minimum Gasteiger partial charge on any atom is -0.494 e. The van der Waals surface area contributed by atoms with E-state index >= 15 is 0 Å². The summed E-state index contributed by atoms with van der Waals surface area (Å²) in [6, 6.07) is 13.4. The summed E-state index contributed by atoms with van der Waals surface area (Å²) in [7, 11) is 0. The number of fused-ring (bicyclic) bond motifs is 1. The van der Waals surface area contributed by atoms with Crippen molar-refractivity contribution < 1.29 is 76.0 Å². The highest BCUT2D eigenvalue weighted by Gasteiger charge is 2.46. The Morgan fingerprint density at radius 1 is 0.800 bits per heavy atom. The lowest BCUT2D eigenvalue weighted by Gasteiger charge is -2.33. The topological polar surface area (TPSA) is 290 Å². The number of benzene rings is 2. The van der Waals surface area contributed by atoms with Crippen molar-refractivity contribution >= 4 is 82.9 Å². The number of aryl methyl sites for hydroxylation is 2. The molecule has 518 valence electrons. The van der Waals surface area contributed by atoms with Crippen LogP contribution < -0.4 is 20.7 Å². The van der Waals surface area contributed by atoms with Crippen molar-refractivity contribution in [3.8, 4) is 18.1 Å². The van der Waals surface area contributed by atoms with E-state index in [4.69, 9.17) is 20.6 Å². The van der Waals surface area contributed by atoms with Gasteiger partial charge < -0.3 is 45.1 Å². The number of hydrogen-bond acceptors (Lipinski definition) is 19. The third-order valence-electron chi connectivity index (χ3n) is 17.6. The van der Waals surface area contributed by atoms with Crippen molar-refractivity contribution in [1.82, 2.24) is 55.2 Å². The van der Waals surface area contributed by atoms with Crippen LogP contribution >= 0.6 is 11.8 Å². The van der Waals surface area contributed by atoms with Crippen molar-refractivity contribution in [3.63, 3.8) is 0 Å². The summed E-state index contributed by atoms with van der Waals surface area (Å²) < 4.78 is 44.2. The monoisotopic (exact) mass is 1340 g/mol. The van der Waals surface area contributed by atoms with Gasteiger partial charge in [-0.2, -0.15) is 0 Å². The molecule has 0 bridgehead atoms. The van der Waals surface area contributed by atoms with Crippen molar-refractivity contribution in [2.24, 2.45) is 5.92 Å². The summed E-state index contributed by atoms with van der Waals surface area (Å²) in [6.07, 6.45) is 13.5. The van der Waals surface area contributed by atoms with E-state index in [0.29, 0.717) is 158 Å². The van der Waals surface area contributed by atoms with Crippen LogP contribution in [0.2, 0.25) is 0 Å². The summed E-state index contributed by atoms with van der Waals surface area (Å²) in [6.45, 7) is 6.09. The van der Waals surface area contributed by atoms with Crippen LogP contribution in [-0.2, 0) is 59.0 Å². The highest BCUT2D eigenvalue weighted by Crippen LogP contribution is 2.32. The van der Waals surface area contributed by atoms with E-state index in [1.807, 2.05) is 26.5 Å². The molecule has 2 aromatic carbocycles. The lowest BCUT2D eigenvalue weighted by molar-refractivity contribution is -0.140. The number of rotatable bonds is 35. The fourth-order valence-corrected chi connectivity index (χ4v) is 13.4. The van der Waals surface area contributed by atoms with E-state index in [1.165, 1.54) is 40.1 Å². The van der Waals surface area contributed by atoms with E-state index in [2.05, 4.69) is 51.1 Å². The molecule has 0 spiro atoms. The van der Waals surface area contributed by atoms with E-state index in [1.54, 1.807) is 23.1 Å². The van der Waals surface area contributed by atoms with E-state index in [9.17, 15) is 61.8 Å². The zero-order valence-corrected chi connectivity index (χ0v) is 55.1. The summed E-state index contributed by atoms with van der Waals surface area (Å²) in [5.74, 6) is -3.05. The van der Waals surface area contributed by atoms with Crippen LogP contribution in [0.25, 0.3) is 10.9 Å². The van der Waals surface area contributed by atoms with Crippen molar-refractivity contribution in [2.45, 2.75) is 120 Å². The molecule has 0 radical (unpaired) electrons. The Kier molecular flexibility index (Phi) is 30.3. The summed E-state index contributed by atoms with van der Waals surface area (Å²) in [4.78, 5) is 143.